The first-order valence-electron chi connectivity index (χ1n) is 18.2. The molecule has 2 aliphatic rings. The van der Waals surface area contributed by atoms with Crippen molar-refractivity contribution in [2.75, 3.05) is 0 Å². The second kappa shape index (κ2) is 13.0. The first-order valence-corrected chi connectivity index (χ1v) is 21.1. The van der Waals surface area contributed by atoms with Crippen molar-refractivity contribution >= 4 is 82.1 Å². The first kappa shape index (κ1) is 32.8. The van der Waals surface area contributed by atoms with Gasteiger partial charge in [0.25, 0.3) is 0 Å². The molecule has 10 nitrogen and oxygen atoms in total. The molecule has 56 heavy (non-hydrogen) atoms. The lowest BCUT2D eigenvalue weighted by Gasteiger charge is -2.20. The van der Waals surface area contributed by atoms with Gasteiger partial charge in [0.2, 0.25) is 7.37 Å². The van der Waals surface area contributed by atoms with Crippen molar-refractivity contribution < 1.29 is 8.14 Å². The minimum absolute atomic E-state index is 0.512. The molecule has 0 radical (unpaired) electrons. The Hall–Kier alpha value is -6.60. The van der Waals surface area contributed by atoms with Crippen molar-refractivity contribution in [2.45, 2.75) is 0 Å². The number of aromatic amines is 2. The van der Waals surface area contributed by atoms with Gasteiger partial charge in [0.15, 0.2) is 23.3 Å². The molecule has 8 bridgehead atoms. The lowest BCUT2D eigenvalue weighted by atomic mass is 10.1. The van der Waals surface area contributed by atoms with Crippen LogP contribution in [0.3, 0.4) is 0 Å². The smallest absolute Gasteiger partial charge is 0.446 e. The monoisotopic (exact) mass is 758 g/mol. The maximum absolute atomic E-state index is 15.0. The third-order valence-corrected chi connectivity index (χ3v) is 15.1. The number of fused-ring (bicyclic) bond motifs is 20. The molecular formula is C44H28AlN8O2P. The predicted molar refractivity (Wildman–Crippen MR) is 224 cm³/mol. The number of H-pyrrole nitrogens is 2. The average molecular weight is 759 g/mol. The van der Waals surface area contributed by atoms with E-state index in [1.165, 1.54) is 0 Å². The molecule has 264 valence electrons. The maximum Gasteiger partial charge on any atom is 0.485 e. The number of benzene rings is 6. The van der Waals surface area contributed by atoms with Gasteiger partial charge in [0.1, 0.15) is 22.6 Å². The molecule has 12 heteroatoms. The number of hydrogen-bond acceptors (Lipinski definition) is 8. The third kappa shape index (κ3) is 5.33. The Kier molecular flexibility index (Phi) is 7.63. The summed E-state index contributed by atoms with van der Waals surface area (Å²) in [5.74, 6) is 2.12. The largest absolute Gasteiger partial charge is 0.485 e. The summed E-state index contributed by atoms with van der Waals surface area (Å²) < 4.78 is 22.6. The van der Waals surface area contributed by atoms with Crippen LogP contribution >= 0.6 is 7.37 Å². The van der Waals surface area contributed by atoms with Crippen LogP contribution in [0, 0.1) is 0 Å². The highest BCUT2D eigenvalue weighted by atomic mass is 31.2. The fourth-order valence-electron chi connectivity index (χ4n) is 7.59. The lowest BCUT2D eigenvalue weighted by molar-refractivity contribution is 0.520. The Morgan fingerprint density at radius 1 is 0.411 bits per heavy atom. The molecule has 3 aromatic heterocycles. The van der Waals surface area contributed by atoms with Crippen LogP contribution in [0.5, 0.6) is 0 Å². The first-order chi connectivity index (χ1) is 27.6. The fourth-order valence-corrected chi connectivity index (χ4v) is 12.2. The summed E-state index contributed by atoms with van der Waals surface area (Å²) in [6.07, 6.45) is 0. The van der Waals surface area contributed by atoms with E-state index in [0.29, 0.717) is 56.5 Å². The Balaban J connectivity index is 1.20. The van der Waals surface area contributed by atoms with Gasteiger partial charge < -0.3 is 13.5 Å². The Labute approximate surface area is 325 Å². The van der Waals surface area contributed by atoms with Crippen LogP contribution in [0.15, 0.2) is 152 Å². The Bertz CT molecular complexity index is 3210. The van der Waals surface area contributed by atoms with Gasteiger partial charge >= 0.3 is 15.6 Å². The number of nitrogens with one attached hydrogen (secondary N) is 2. The summed E-state index contributed by atoms with van der Waals surface area (Å²) in [7, 11) is -3.44. The van der Waals surface area contributed by atoms with Crippen molar-refractivity contribution in [3.63, 3.8) is 0 Å². The van der Waals surface area contributed by atoms with Gasteiger partial charge in [-0.1, -0.05) is 132 Å². The van der Waals surface area contributed by atoms with Crippen molar-refractivity contribution in [3.05, 3.63) is 152 Å². The second-order valence-electron chi connectivity index (χ2n) is 13.6. The third-order valence-electron chi connectivity index (χ3n) is 10.3. The fraction of sp³-hybridized carbons (Fsp3) is 0. The summed E-state index contributed by atoms with van der Waals surface area (Å²) in [6.45, 7) is 0. The quantitative estimate of drug-likeness (QED) is 0.134. The molecule has 5 heterocycles. The molecule has 0 amide bonds. The van der Waals surface area contributed by atoms with Gasteiger partial charge in [-0.2, -0.15) is 0 Å². The van der Waals surface area contributed by atoms with Gasteiger partial charge in [-0.15, -0.1) is 0 Å². The van der Waals surface area contributed by atoms with Gasteiger partial charge in [0.05, 0.1) is 0 Å². The van der Waals surface area contributed by atoms with Gasteiger partial charge in [-0.3, -0.25) is 4.57 Å². The molecule has 9 aromatic rings. The van der Waals surface area contributed by atoms with Gasteiger partial charge in [-0.25, -0.2) is 29.9 Å². The molecule has 0 spiro atoms. The standard InChI is InChI=1S/C32H17N8.C12H11O2P.Al.H/c1-2-10-18-17(9-1)25-33-26(18)38-28-21-13-5-6-14-22(21)30(35-28)40-32-24-16-8-7-15-23(24)31(36-32)39-29-20-12-4-3-11-19(20)27(34-29)37-25;13-15(14,11-7-3-1-4-8-11)12-9-5-2-6-10-12;;/h1-15H,(H2,33,34,35,36,37,38,39,40);1-10H,(H,13,14);;/q;;+1;/p-1. The van der Waals surface area contributed by atoms with Gasteiger partial charge in [0, 0.05) is 54.4 Å². The summed E-state index contributed by atoms with van der Waals surface area (Å²) in [6, 6.07) is 48.9. The van der Waals surface area contributed by atoms with E-state index in [1.807, 2.05) is 152 Å². The summed E-state index contributed by atoms with van der Waals surface area (Å²) in [5.41, 5.74) is 5.90. The van der Waals surface area contributed by atoms with E-state index in [9.17, 15) is 4.57 Å². The van der Waals surface area contributed by atoms with Gasteiger partial charge in [-0.05, 0) is 24.3 Å². The van der Waals surface area contributed by atoms with Crippen LogP contribution in [0.4, 0.5) is 0 Å². The zero-order chi connectivity index (χ0) is 37.2. The zero-order valence-corrected chi connectivity index (χ0v) is 31.9. The number of aromatic nitrogens is 8. The highest BCUT2D eigenvalue weighted by Crippen LogP contribution is 2.44. The van der Waals surface area contributed by atoms with Crippen LogP contribution in [-0.2, 0) is 8.14 Å². The molecule has 0 saturated carbocycles. The van der Waals surface area contributed by atoms with E-state index in [0.717, 1.165) is 48.2 Å². The molecule has 0 unspecified atom stereocenters. The van der Waals surface area contributed by atoms with E-state index in [2.05, 4.69) is 9.97 Å². The number of rotatable bonds is 5. The average Bonchev–Trinajstić information content (AvgIpc) is 3.99. The topological polar surface area (TPSA) is 135 Å². The van der Waals surface area contributed by atoms with Crippen molar-refractivity contribution in [1.82, 2.24) is 39.9 Å². The summed E-state index contributed by atoms with van der Waals surface area (Å²) in [5, 5.41) is 4.81. The molecule has 0 saturated heterocycles. The minimum Gasteiger partial charge on any atom is -0.446 e. The number of hydrogen-bond donors (Lipinski definition) is 2. The van der Waals surface area contributed by atoms with Crippen molar-refractivity contribution in [3.8, 4) is 45.6 Å². The van der Waals surface area contributed by atoms with Crippen molar-refractivity contribution in [1.29, 1.82) is 0 Å². The molecular weight excluding hydrogens is 730 g/mol. The van der Waals surface area contributed by atoms with Crippen LogP contribution < -0.4 is 15.0 Å². The van der Waals surface area contributed by atoms with E-state index in [-0.39, 0.29) is 0 Å². The molecule has 0 fully saturated rings. The second-order valence-corrected chi connectivity index (χ2v) is 17.8. The Morgan fingerprint density at radius 3 is 1.30 bits per heavy atom. The normalized spacial score (nSPS) is 12.1. The highest BCUT2D eigenvalue weighted by Gasteiger charge is 2.29. The number of nitrogens with zero attached hydrogens (tertiary/aromatic N) is 6. The van der Waals surface area contributed by atoms with E-state index in [4.69, 9.17) is 33.5 Å². The van der Waals surface area contributed by atoms with Crippen LogP contribution in [0.25, 0.3) is 89.7 Å². The minimum atomic E-state index is -3.44. The lowest BCUT2D eigenvalue weighted by Crippen LogP contribution is -2.25. The van der Waals surface area contributed by atoms with Crippen molar-refractivity contribution in [2.24, 2.45) is 0 Å². The van der Waals surface area contributed by atoms with Crippen LogP contribution in [-0.4, -0.2) is 55.4 Å². The molecule has 2 aliphatic heterocycles. The molecule has 0 atom stereocenters. The Morgan fingerprint density at radius 2 is 0.804 bits per heavy atom. The van der Waals surface area contributed by atoms with E-state index >= 15 is 0 Å². The predicted octanol–water partition coefficient (Wildman–Crippen LogP) is 7.79. The molecule has 6 aromatic carbocycles. The molecule has 11 rings (SSSR count). The van der Waals surface area contributed by atoms with E-state index < -0.39 is 22.9 Å². The maximum atomic E-state index is 15.0. The van der Waals surface area contributed by atoms with E-state index in [1.54, 1.807) is 0 Å². The molecule has 2 N–H and O–H groups in total. The van der Waals surface area contributed by atoms with Crippen LogP contribution in [0.1, 0.15) is 0 Å². The summed E-state index contributed by atoms with van der Waals surface area (Å²) in [4.78, 5) is 37.7. The highest BCUT2D eigenvalue weighted by molar-refractivity contribution is 7.75. The summed E-state index contributed by atoms with van der Waals surface area (Å²) >= 11 is -1.66. The SMILES string of the molecule is O=P([O][AlH][c]1cccc2c3nc4nc(nc5[nH]c(nc6nc(nc([nH]3)c12)-c1ccccc1-6)c1ccccc51)-c1ccccc1-4)(c1ccccc1)c1ccccc1. The molecule has 0 aliphatic carbocycles. The zero-order valence-electron chi connectivity index (χ0n) is 29.6. The van der Waals surface area contributed by atoms with Crippen LogP contribution in [0.2, 0.25) is 0 Å².